The average molecular weight is 630 g/mol. The molecule has 0 radical (unpaired) electrons. The number of anilines is 1. The normalized spacial score (nSPS) is 14.7. The Morgan fingerprint density at radius 1 is 1.06 bits per heavy atom. The molecule has 0 aromatic heterocycles. The number of thiocarbonyl (C=S) groups is 1. The lowest BCUT2D eigenvalue weighted by molar-refractivity contribution is -0.113. The molecule has 3 aromatic rings. The second kappa shape index (κ2) is 11.5. The number of nitrogens with zero attached hydrogens (tertiary/aromatic N) is 1. The first-order valence-corrected chi connectivity index (χ1v) is 13.5. The van der Waals surface area contributed by atoms with Gasteiger partial charge < -0.3 is 9.47 Å². The first-order valence-electron chi connectivity index (χ1n) is 10.3. The van der Waals surface area contributed by atoms with Crippen molar-refractivity contribution < 1.29 is 14.3 Å². The molecule has 4 rings (SSSR count). The fraction of sp³-hybridized carbons (Fsp3) is 0.120. The molecule has 3 aromatic carbocycles. The highest BCUT2D eigenvalue weighted by Gasteiger charge is 2.33. The zero-order valence-corrected chi connectivity index (χ0v) is 23.7. The largest absolute Gasteiger partial charge is 0.490 e. The molecule has 4 nitrogen and oxygen atoms in total. The van der Waals surface area contributed by atoms with Crippen LogP contribution in [0.25, 0.3) is 6.08 Å². The molecule has 0 atom stereocenters. The number of thioether (sulfide) groups is 1. The van der Waals surface area contributed by atoms with E-state index >= 15 is 0 Å². The van der Waals surface area contributed by atoms with E-state index in [0.29, 0.717) is 52.6 Å². The summed E-state index contributed by atoms with van der Waals surface area (Å²) >= 11 is 28.5. The van der Waals surface area contributed by atoms with Gasteiger partial charge >= 0.3 is 0 Å². The van der Waals surface area contributed by atoms with Gasteiger partial charge in [-0.05, 0) is 82.5 Å². The number of carbonyl (C=O) groups excluding carboxylic acids is 1. The van der Waals surface area contributed by atoms with Crippen molar-refractivity contribution in [3.8, 4) is 11.5 Å². The molecule has 1 aliphatic rings. The quantitative estimate of drug-likeness (QED) is 0.193. The molecule has 35 heavy (non-hydrogen) atoms. The van der Waals surface area contributed by atoms with E-state index in [4.69, 9.17) is 56.5 Å². The van der Waals surface area contributed by atoms with Gasteiger partial charge in [0.25, 0.3) is 5.91 Å². The van der Waals surface area contributed by atoms with Crippen LogP contribution < -0.4 is 14.4 Å². The van der Waals surface area contributed by atoms with Gasteiger partial charge in [-0.15, -0.1) is 0 Å². The fourth-order valence-corrected chi connectivity index (χ4v) is 5.69. The molecular formula is C25H17BrCl3NO3S2. The molecule has 0 N–H and O–H groups in total. The van der Waals surface area contributed by atoms with Crippen LogP contribution in [0.4, 0.5) is 5.69 Å². The predicted molar refractivity (Wildman–Crippen MR) is 153 cm³/mol. The lowest BCUT2D eigenvalue weighted by Crippen LogP contribution is -2.27. The highest BCUT2D eigenvalue weighted by atomic mass is 79.9. The molecule has 180 valence electrons. The Morgan fingerprint density at radius 3 is 2.57 bits per heavy atom. The highest BCUT2D eigenvalue weighted by molar-refractivity contribution is 9.10. The fourth-order valence-electron chi connectivity index (χ4n) is 3.32. The number of amides is 1. The van der Waals surface area contributed by atoms with Crippen LogP contribution in [0.2, 0.25) is 15.1 Å². The highest BCUT2D eigenvalue weighted by Crippen LogP contribution is 2.41. The second-order valence-electron chi connectivity index (χ2n) is 7.30. The lowest BCUT2D eigenvalue weighted by atomic mass is 10.1. The number of rotatable bonds is 7. The van der Waals surface area contributed by atoms with E-state index in [9.17, 15) is 4.79 Å². The summed E-state index contributed by atoms with van der Waals surface area (Å²) in [4.78, 5) is 15.1. The van der Waals surface area contributed by atoms with Crippen molar-refractivity contribution >= 4 is 96.7 Å². The smallest absolute Gasteiger partial charge is 0.270 e. The Balaban J connectivity index is 1.60. The molecule has 1 saturated heterocycles. The summed E-state index contributed by atoms with van der Waals surface area (Å²) in [5.74, 6) is 0.872. The molecule has 0 unspecified atom stereocenters. The standard InChI is InChI=1S/C25H17BrCl3NO3S2/c1-2-32-21-10-15(8-18(26)23(21)33-13-14-6-7-19(28)20(29)9-14)11-22-24(31)30(25(34)35-22)17-5-3-4-16(27)12-17/h3-12H,2,13H2,1H3/b22-11-. The molecule has 1 fully saturated rings. The van der Waals surface area contributed by atoms with Crippen molar-refractivity contribution in [2.24, 2.45) is 0 Å². The number of carbonyl (C=O) groups is 1. The summed E-state index contributed by atoms with van der Waals surface area (Å²) < 4.78 is 13.0. The molecule has 0 bridgehead atoms. The van der Waals surface area contributed by atoms with Crippen LogP contribution >= 0.6 is 74.7 Å². The Hall–Kier alpha value is -1.74. The molecule has 10 heteroatoms. The van der Waals surface area contributed by atoms with E-state index in [2.05, 4.69) is 15.9 Å². The summed E-state index contributed by atoms with van der Waals surface area (Å²) in [5.41, 5.74) is 2.25. The molecule has 0 aliphatic carbocycles. The first kappa shape index (κ1) is 26.3. The number of hydrogen-bond acceptors (Lipinski definition) is 5. The van der Waals surface area contributed by atoms with Crippen molar-refractivity contribution in [1.82, 2.24) is 0 Å². The minimum atomic E-state index is -0.212. The first-order chi connectivity index (χ1) is 16.8. The van der Waals surface area contributed by atoms with Gasteiger partial charge in [-0.25, -0.2) is 0 Å². The van der Waals surface area contributed by atoms with Crippen molar-refractivity contribution in [3.63, 3.8) is 0 Å². The molecule has 1 aliphatic heterocycles. The number of benzene rings is 3. The third-order valence-corrected chi connectivity index (χ3v) is 7.72. The number of ether oxygens (including phenoxy) is 2. The zero-order chi connectivity index (χ0) is 25.1. The summed E-state index contributed by atoms with van der Waals surface area (Å²) in [7, 11) is 0. The predicted octanol–water partition coefficient (Wildman–Crippen LogP) is 8.79. The van der Waals surface area contributed by atoms with E-state index in [1.54, 1.807) is 42.5 Å². The topological polar surface area (TPSA) is 38.8 Å². The maximum atomic E-state index is 13.1. The van der Waals surface area contributed by atoms with Gasteiger partial charge in [-0.1, -0.05) is 70.9 Å². The third kappa shape index (κ3) is 6.16. The van der Waals surface area contributed by atoms with Crippen LogP contribution in [0, 0.1) is 0 Å². The number of halogens is 4. The van der Waals surface area contributed by atoms with Crippen LogP contribution in [0.1, 0.15) is 18.1 Å². The summed E-state index contributed by atoms with van der Waals surface area (Å²) in [5, 5.41) is 1.47. The Labute approximate surface area is 236 Å². The van der Waals surface area contributed by atoms with Crippen molar-refractivity contribution in [2.75, 3.05) is 11.5 Å². The molecule has 0 spiro atoms. The average Bonchev–Trinajstić information content (AvgIpc) is 3.08. The molecule has 0 saturated carbocycles. The van der Waals surface area contributed by atoms with E-state index in [0.717, 1.165) is 11.1 Å². The van der Waals surface area contributed by atoms with Crippen molar-refractivity contribution in [3.05, 3.63) is 90.2 Å². The molecular weight excluding hydrogens is 613 g/mol. The summed E-state index contributed by atoms with van der Waals surface area (Å²) in [6, 6.07) is 16.0. The van der Waals surface area contributed by atoms with Crippen LogP contribution in [-0.4, -0.2) is 16.8 Å². The van der Waals surface area contributed by atoms with Gasteiger partial charge in [-0.3, -0.25) is 9.69 Å². The van der Waals surface area contributed by atoms with Crippen LogP contribution in [0.5, 0.6) is 11.5 Å². The van der Waals surface area contributed by atoms with E-state index < -0.39 is 0 Å². The minimum absolute atomic E-state index is 0.212. The van der Waals surface area contributed by atoms with Gasteiger partial charge in [-0.2, -0.15) is 0 Å². The van der Waals surface area contributed by atoms with Gasteiger partial charge in [0.2, 0.25) is 0 Å². The Kier molecular flexibility index (Phi) is 8.68. The van der Waals surface area contributed by atoms with Gasteiger partial charge in [0.1, 0.15) is 6.61 Å². The Bertz CT molecular complexity index is 1350. The second-order valence-corrected chi connectivity index (χ2v) is 11.1. The van der Waals surface area contributed by atoms with Gasteiger partial charge in [0.05, 0.1) is 31.7 Å². The van der Waals surface area contributed by atoms with Crippen LogP contribution in [-0.2, 0) is 11.4 Å². The molecule has 1 amide bonds. The van der Waals surface area contributed by atoms with Crippen LogP contribution in [0.3, 0.4) is 0 Å². The van der Waals surface area contributed by atoms with E-state index in [-0.39, 0.29) is 12.5 Å². The van der Waals surface area contributed by atoms with Crippen molar-refractivity contribution in [2.45, 2.75) is 13.5 Å². The maximum Gasteiger partial charge on any atom is 0.270 e. The van der Waals surface area contributed by atoms with Crippen LogP contribution in [0.15, 0.2) is 64.0 Å². The van der Waals surface area contributed by atoms with Gasteiger partial charge in [0, 0.05) is 5.02 Å². The minimum Gasteiger partial charge on any atom is -0.490 e. The maximum absolute atomic E-state index is 13.1. The third-order valence-electron chi connectivity index (χ3n) is 4.86. The Morgan fingerprint density at radius 2 is 1.86 bits per heavy atom. The number of hydrogen-bond donors (Lipinski definition) is 0. The lowest BCUT2D eigenvalue weighted by Gasteiger charge is -2.15. The zero-order valence-electron chi connectivity index (χ0n) is 18.2. The van der Waals surface area contributed by atoms with E-state index in [1.807, 2.05) is 25.1 Å². The summed E-state index contributed by atoms with van der Waals surface area (Å²) in [6.45, 7) is 2.60. The summed E-state index contributed by atoms with van der Waals surface area (Å²) in [6.07, 6.45) is 1.78. The van der Waals surface area contributed by atoms with Crippen molar-refractivity contribution in [1.29, 1.82) is 0 Å². The monoisotopic (exact) mass is 627 g/mol. The van der Waals surface area contributed by atoms with E-state index in [1.165, 1.54) is 16.7 Å². The molecule has 1 heterocycles. The van der Waals surface area contributed by atoms with Gasteiger partial charge in [0.15, 0.2) is 15.8 Å². The SMILES string of the molecule is CCOc1cc(/C=C2\SC(=S)N(c3cccc(Cl)c3)C2=O)cc(Br)c1OCc1ccc(Cl)c(Cl)c1.